The number of hydrogen-bond acceptors (Lipinski definition) is 5. The summed E-state index contributed by atoms with van der Waals surface area (Å²) in [6.07, 6.45) is 2.50. The molecule has 2 heterocycles. The van der Waals surface area contributed by atoms with Crippen LogP contribution in [0, 0.1) is 5.82 Å². The van der Waals surface area contributed by atoms with Crippen molar-refractivity contribution in [1.29, 1.82) is 0 Å². The second-order valence-electron chi connectivity index (χ2n) is 8.25. The van der Waals surface area contributed by atoms with Gasteiger partial charge in [0.25, 0.3) is 0 Å². The summed E-state index contributed by atoms with van der Waals surface area (Å²) in [5.41, 5.74) is 2.42. The maximum absolute atomic E-state index is 13.2. The van der Waals surface area contributed by atoms with Crippen LogP contribution in [0.2, 0.25) is 0 Å². The number of aliphatic hydroxyl groups is 1. The van der Waals surface area contributed by atoms with Crippen LogP contribution in [0.3, 0.4) is 0 Å². The van der Waals surface area contributed by atoms with Crippen LogP contribution in [-0.2, 0) is 6.54 Å². The van der Waals surface area contributed by atoms with Gasteiger partial charge in [0.2, 0.25) is 0 Å². The molecule has 2 aliphatic heterocycles. The Bertz CT molecular complexity index is 776. The number of likely N-dealkylation sites (tertiary alicyclic amines) is 1. The minimum atomic E-state index is -0.174. The molecule has 1 atom stereocenters. The summed E-state index contributed by atoms with van der Waals surface area (Å²) in [6, 6.07) is 15.7. The van der Waals surface area contributed by atoms with E-state index in [4.69, 9.17) is 9.84 Å². The predicted molar refractivity (Wildman–Crippen MR) is 118 cm³/mol. The fraction of sp³-hybridized carbons (Fsp3) is 0.500. The van der Waals surface area contributed by atoms with Crippen LogP contribution in [0.15, 0.2) is 48.5 Å². The predicted octanol–water partition coefficient (Wildman–Crippen LogP) is 2.98. The maximum Gasteiger partial charge on any atom is 0.123 e. The largest absolute Gasteiger partial charge is 0.491 e. The van der Waals surface area contributed by atoms with Crippen LogP contribution in [0.1, 0.15) is 18.4 Å². The first kappa shape index (κ1) is 21.1. The number of halogens is 1. The van der Waals surface area contributed by atoms with Crippen LogP contribution >= 0.6 is 0 Å². The molecular weight excluding hydrogens is 381 g/mol. The lowest BCUT2D eigenvalue weighted by atomic mass is 10.0. The summed E-state index contributed by atoms with van der Waals surface area (Å²) in [5, 5.41) is 8.86. The SMILES string of the molecule is OCCOc1ccc(CN2CCC[C@H](N3CCN(c4ccc(F)cc4)CC3)C2)cc1. The molecule has 2 aromatic rings. The Kier molecular flexibility index (Phi) is 7.20. The molecule has 0 bridgehead atoms. The molecule has 2 saturated heterocycles. The van der Waals surface area contributed by atoms with Crippen molar-refractivity contribution in [3.8, 4) is 5.75 Å². The molecule has 0 saturated carbocycles. The zero-order chi connectivity index (χ0) is 20.8. The van der Waals surface area contributed by atoms with Crippen molar-refractivity contribution < 1.29 is 14.2 Å². The molecule has 30 heavy (non-hydrogen) atoms. The monoisotopic (exact) mass is 413 g/mol. The van der Waals surface area contributed by atoms with Crippen LogP contribution < -0.4 is 9.64 Å². The molecule has 5 nitrogen and oxygen atoms in total. The molecule has 2 fully saturated rings. The van der Waals surface area contributed by atoms with Gasteiger partial charge in [-0.25, -0.2) is 4.39 Å². The lowest BCUT2D eigenvalue weighted by Gasteiger charge is -2.44. The van der Waals surface area contributed by atoms with Crippen molar-refractivity contribution >= 4 is 5.69 Å². The molecule has 2 aliphatic rings. The van der Waals surface area contributed by atoms with Crippen molar-refractivity contribution in [2.24, 2.45) is 0 Å². The van der Waals surface area contributed by atoms with E-state index in [1.807, 2.05) is 24.3 Å². The van der Waals surface area contributed by atoms with Gasteiger partial charge >= 0.3 is 0 Å². The fourth-order valence-electron chi connectivity index (χ4n) is 4.58. The number of piperidine rings is 1. The lowest BCUT2D eigenvalue weighted by molar-refractivity contribution is 0.0887. The highest BCUT2D eigenvalue weighted by molar-refractivity contribution is 5.46. The van der Waals surface area contributed by atoms with Gasteiger partial charge in [0.1, 0.15) is 18.2 Å². The van der Waals surface area contributed by atoms with Crippen molar-refractivity contribution in [2.45, 2.75) is 25.4 Å². The minimum Gasteiger partial charge on any atom is -0.491 e. The number of nitrogens with zero attached hydrogens (tertiary/aromatic N) is 3. The molecule has 0 unspecified atom stereocenters. The van der Waals surface area contributed by atoms with E-state index in [0.717, 1.165) is 57.3 Å². The van der Waals surface area contributed by atoms with E-state index in [2.05, 4.69) is 26.8 Å². The third kappa shape index (κ3) is 5.50. The molecule has 6 heteroatoms. The number of aliphatic hydroxyl groups excluding tert-OH is 1. The molecule has 0 amide bonds. The van der Waals surface area contributed by atoms with Crippen molar-refractivity contribution in [2.75, 3.05) is 57.4 Å². The highest BCUT2D eigenvalue weighted by Crippen LogP contribution is 2.23. The first-order valence-corrected chi connectivity index (χ1v) is 11.0. The molecule has 0 radical (unpaired) electrons. The van der Waals surface area contributed by atoms with Crippen LogP contribution in [-0.4, -0.2) is 73.4 Å². The number of rotatable bonds is 7. The summed E-state index contributed by atoms with van der Waals surface area (Å²) in [7, 11) is 0. The number of hydrogen-bond donors (Lipinski definition) is 1. The Labute approximate surface area is 178 Å². The highest BCUT2D eigenvalue weighted by Gasteiger charge is 2.28. The van der Waals surface area contributed by atoms with Crippen LogP contribution in [0.25, 0.3) is 0 Å². The molecule has 0 aromatic heterocycles. The third-order valence-electron chi connectivity index (χ3n) is 6.19. The molecular formula is C24H32FN3O2. The number of anilines is 1. The summed E-state index contributed by atoms with van der Waals surface area (Å²) in [6.45, 7) is 7.71. The number of benzene rings is 2. The van der Waals surface area contributed by atoms with Crippen molar-refractivity contribution in [3.05, 3.63) is 59.9 Å². The van der Waals surface area contributed by atoms with Crippen LogP contribution in [0.5, 0.6) is 5.75 Å². The van der Waals surface area contributed by atoms with Gasteiger partial charge in [-0.05, 0) is 61.3 Å². The van der Waals surface area contributed by atoms with Gasteiger partial charge < -0.3 is 14.7 Å². The third-order valence-corrected chi connectivity index (χ3v) is 6.19. The van der Waals surface area contributed by atoms with Gasteiger partial charge in [-0.1, -0.05) is 12.1 Å². The van der Waals surface area contributed by atoms with E-state index in [1.54, 1.807) is 12.1 Å². The first-order valence-electron chi connectivity index (χ1n) is 11.0. The molecule has 1 N–H and O–H groups in total. The van der Waals surface area contributed by atoms with Gasteiger partial charge in [-0.3, -0.25) is 9.80 Å². The van der Waals surface area contributed by atoms with Gasteiger partial charge in [-0.15, -0.1) is 0 Å². The quantitative estimate of drug-likeness (QED) is 0.756. The summed E-state index contributed by atoms with van der Waals surface area (Å²) >= 11 is 0. The second-order valence-corrected chi connectivity index (χ2v) is 8.25. The van der Waals surface area contributed by atoms with E-state index in [1.165, 1.54) is 18.4 Å². The number of ether oxygens (including phenoxy) is 1. The van der Waals surface area contributed by atoms with Gasteiger partial charge in [0, 0.05) is 51.0 Å². The Morgan fingerprint density at radius 3 is 2.37 bits per heavy atom. The molecule has 162 valence electrons. The molecule has 4 rings (SSSR count). The average Bonchev–Trinajstić information content (AvgIpc) is 2.79. The normalized spacial score (nSPS) is 21.0. The van der Waals surface area contributed by atoms with E-state index < -0.39 is 0 Å². The van der Waals surface area contributed by atoms with Gasteiger partial charge in [0.15, 0.2) is 0 Å². The minimum absolute atomic E-state index is 0.0368. The van der Waals surface area contributed by atoms with Crippen LogP contribution in [0.4, 0.5) is 10.1 Å². The fourth-order valence-corrected chi connectivity index (χ4v) is 4.58. The molecule has 0 spiro atoms. The highest BCUT2D eigenvalue weighted by atomic mass is 19.1. The van der Waals surface area contributed by atoms with Crippen molar-refractivity contribution in [3.63, 3.8) is 0 Å². The van der Waals surface area contributed by atoms with E-state index >= 15 is 0 Å². The zero-order valence-electron chi connectivity index (χ0n) is 17.5. The second kappa shape index (κ2) is 10.2. The summed E-state index contributed by atoms with van der Waals surface area (Å²) in [5.74, 6) is 0.635. The Balaban J connectivity index is 1.26. The van der Waals surface area contributed by atoms with Gasteiger partial charge in [-0.2, -0.15) is 0 Å². The van der Waals surface area contributed by atoms with Crippen molar-refractivity contribution in [1.82, 2.24) is 9.80 Å². The Hall–Kier alpha value is -2.15. The Morgan fingerprint density at radius 2 is 1.67 bits per heavy atom. The Morgan fingerprint density at radius 1 is 0.933 bits per heavy atom. The standard InChI is InChI=1S/C24H32FN3O2/c25-21-5-7-22(8-6-21)27-12-14-28(15-13-27)23-2-1-11-26(19-23)18-20-3-9-24(10-4-20)30-17-16-29/h3-10,23,29H,1-2,11-19H2/t23-/m0/s1. The maximum atomic E-state index is 13.2. The summed E-state index contributed by atoms with van der Waals surface area (Å²) in [4.78, 5) is 7.55. The molecule has 0 aliphatic carbocycles. The number of piperazine rings is 1. The average molecular weight is 414 g/mol. The molecule has 2 aromatic carbocycles. The van der Waals surface area contributed by atoms with E-state index in [9.17, 15) is 4.39 Å². The van der Waals surface area contributed by atoms with E-state index in [-0.39, 0.29) is 12.4 Å². The zero-order valence-corrected chi connectivity index (χ0v) is 17.5. The van der Waals surface area contributed by atoms with Gasteiger partial charge in [0.05, 0.1) is 6.61 Å². The van der Waals surface area contributed by atoms with E-state index in [0.29, 0.717) is 12.6 Å². The smallest absolute Gasteiger partial charge is 0.123 e. The first-order chi connectivity index (χ1) is 14.7. The summed E-state index contributed by atoms with van der Waals surface area (Å²) < 4.78 is 18.6. The topological polar surface area (TPSA) is 39.2 Å². The lowest BCUT2D eigenvalue weighted by Crippen LogP contribution is -2.55.